The molecule has 0 spiro atoms. The number of aliphatic hydroxyl groups is 1. The Hall–Kier alpha value is -1.93. The van der Waals surface area contributed by atoms with E-state index in [9.17, 15) is 9.90 Å². The first-order chi connectivity index (χ1) is 9.65. The minimum Gasteiger partial charge on any atom is -0.380 e. The zero-order valence-corrected chi connectivity index (χ0v) is 12.0. The molecule has 0 heterocycles. The predicted molar refractivity (Wildman–Crippen MR) is 80.9 cm³/mol. The first kappa shape index (κ1) is 14.5. The van der Waals surface area contributed by atoms with Gasteiger partial charge in [-0.15, -0.1) is 0 Å². The normalized spacial score (nSPS) is 12.2. The Morgan fingerprint density at radius 2 is 1.35 bits per heavy atom. The van der Waals surface area contributed by atoms with Crippen LogP contribution in [0.3, 0.4) is 0 Å². The number of benzene rings is 2. The van der Waals surface area contributed by atoms with Crippen molar-refractivity contribution in [2.45, 2.75) is 32.8 Å². The highest BCUT2D eigenvalue weighted by Crippen LogP contribution is 2.19. The number of ketones is 1. The summed E-state index contributed by atoms with van der Waals surface area (Å²) in [6.07, 6.45) is 0.798. The molecule has 0 aliphatic rings. The van der Waals surface area contributed by atoms with Crippen LogP contribution in [0, 0.1) is 0 Å². The molecule has 2 heteroatoms. The van der Waals surface area contributed by atoms with Gasteiger partial charge in [-0.2, -0.15) is 0 Å². The number of Topliss-reactive ketones (excluding diaryl/α,β-unsaturated/α-hetero) is 1. The number of hydrogen-bond donors (Lipinski definition) is 1. The molecule has 0 aromatic heterocycles. The van der Waals surface area contributed by atoms with Gasteiger partial charge in [-0.3, -0.25) is 4.79 Å². The van der Waals surface area contributed by atoms with Gasteiger partial charge in [0.15, 0.2) is 5.78 Å². The van der Waals surface area contributed by atoms with Crippen LogP contribution in [0.5, 0.6) is 0 Å². The molecule has 0 fully saturated rings. The van der Waals surface area contributed by atoms with Gasteiger partial charge in [0.05, 0.1) is 0 Å². The molecular weight excluding hydrogens is 248 g/mol. The van der Waals surface area contributed by atoms with Crippen LogP contribution < -0.4 is 0 Å². The van der Waals surface area contributed by atoms with Crippen molar-refractivity contribution in [3.8, 4) is 0 Å². The zero-order chi connectivity index (χ0) is 14.5. The van der Waals surface area contributed by atoms with Crippen LogP contribution in [0.15, 0.2) is 48.5 Å². The molecule has 0 amide bonds. The molecule has 2 aromatic carbocycles. The molecule has 0 aliphatic carbocycles. The summed E-state index contributed by atoms with van der Waals surface area (Å²) < 4.78 is 0. The van der Waals surface area contributed by atoms with Crippen molar-refractivity contribution >= 4 is 5.78 Å². The second-order valence-electron chi connectivity index (χ2n) is 4.91. The number of aliphatic hydroxyl groups excluding tert-OH is 1. The van der Waals surface area contributed by atoms with E-state index in [1.807, 2.05) is 36.4 Å². The average Bonchev–Trinajstić information content (AvgIpc) is 2.53. The zero-order valence-electron chi connectivity index (χ0n) is 12.0. The molecule has 2 rings (SSSR count). The van der Waals surface area contributed by atoms with Crippen molar-refractivity contribution in [1.82, 2.24) is 0 Å². The molecular formula is C18H20O2. The third-order valence-corrected chi connectivity index (χ3v) is 3.60. The Labute approximate surface area is 120 Å². The SMILES string of the molecule is CCc1ccc(C(=O)C(O)c2ccc(CC)cc2)cc1. The number of hydrogen-bond acceptors (Lipinski definition) is 2. The molecule has 0 aliphatic heterocycles. The molecule has 2 nitrogen and oxygen atoms in total. The van der Waals surface area contributed by atoms with Crippen molar-refractivity contribution in [2.75, 3.05) is 0 Å². The van der Waals surface area contributed by atoms with Gasteiger partial charge >= 0.3 is 0 Å². The summed E-state index contributed by atoms with van der Waals surface area (Å²) in [6, 6.07) is 15.0. The molecule has 104 valence electrons. The lowest BCUT2D eigenvalue weighted by Gasteiger charge is -2.11. The summed E-state index contributed by atoms with van der Waals surface area (Å²) in [7, 11) is 0. The van der Waals surface area contributed by atoms with Gasteiger partial charge < -0.3 is 5.11 Å². The van der Waals surface area contributed by atoms with E-state index in [1.165, 1.54) is 11.1 Å². The number of carbonyl (C=O) groups is 1. The highest BCUT2D eigenvalue weighted by atomic mass is 16.3. The Kier molecular flexibility index (Phi) is 4.70. The van der Waals surface area contributed by atoms with Crippen molar-refractivity contribution in [3.63, 3.8) is 0 Å². The number of aryl methyl sites for hydroxylation is 2. The van der Waals surface area contributed by atoms with Gasteiger partial charge in [0.25, 0.3) is 0 Å². The van der Waals surface area contributed by atoms with E-state index in [-0.39, 0.29) is 5.78 Å². The number of rotatable bonds is 5. The van der Waals surface area contributed by atoms with Crippen LogP contribution in [-0.2, 0) is 12.8 Å². The van der Waals surface area contributed by atoms with E-state index >= 15 is 0 Å². The molecule has 2 aromatic rings. The Balaban J connectivity index is 2.17. The molecule has 0 radical (unpaired) electrons. The lowest BCUT2D eigenvalue weighted by Crippen LogP contribution is -2.12. The molecule has 0 saturated heterocycles. The van der Waals surface area contributed by atoms with E-state index in [0.29, 0.717) is 11.1 Å². The number of carbonyl (C=O) groups excluding carboxylic acids is 1. The first-order valence-electron chi connectivity index (χ1n) is 7.05. The molecule has 1 atom stereocenters. The van der Waals surface area contributed by atoms with Crippen LogP contribution in [-0.4, -0.2) is 10.9 Å². The van der Waals surface area contributed by atoms with E-state index in [0.717, 1.165) is 12.8 Å². The van der Waals surface area contributed by atoms with Crippen LogP contribution in [0.4, 0.5) is 0 Å². The highest BCUT2D eigenvalue weighted by molar-refractivity contribution is 5.99. The van der Waals surface area contributed by atoms with Crippen LogP contribution in [0.2, 0.25) is 0 Å². The van der Waals surface area contributed by atoms with Crippen LogP contribution in [0.25, 0.3) is 0 Å². The van der Waals surface area contributed by atoms with Crippen molar-refractivity contribution in [2.24, 2.45) is 0 Å². The maximum Gasteiger partial charge on any atom is 0.195 e. The van der Waals surface area contributed by atoms with Crippen LogP contribution >= 0.6 is 0 Å². The van der Waals surface area contributed by atoms with Crippen molar-refractivity contribution < 1.29 is 9.90 Å². The van der Waals surface area contributed by atoms with Gasteiger partial charge in [-0.1, -0.05) is 62.4 Å². The van der Waals surface area contributed by atoms with E-state index in [1.54, 1.807) is 12.1 Å². The van der Waals surface area contributed by atoms with E-state index in [4.69, 9.17) is 0 Å². The van der Waals surface area contributed by atoms with Gasteiger partial charge in [0.2, 0.25) is 0 Å². The minimum absolute atomic E-state index is 0.253. The second kappa shape index (κ2) is 6.49. The molecule has 1 N–H and O–H groups in total. The highest BCUT2D eigenvalue weighted by Gasteiger charge is 2.18. The smallest absolute Gasteiger partial charge is 0.195 e. The summed E-state index contributed by atoms with van der Waals surface area (Å²) >= 11 is 0. The molecule has 1 unspecified atom stereocenters. The summed E-state index contributed by atoms with van der Waals surface area (Å²) in [4.78, 5) is 12.2. The molecule has 0 bridgehead atoms. The summed E-state index contributed by atoms with van der Waals surface area (Å²) in [5.74, 6) is -0.253. The summed E-state index contributed by atoms with van der Waals surface area (Å²) in [5.41, 5.74) is 3.57. The van der Waals surface area contributed by atoms with Gasteiger partial charge in [0, 0.05) is 5.56 Å². The molecule has 0 saturated carbocycles. The van der Waals surface area contributed by atoms with Gasteiger partial charge in [0.1, 0.15) is 6.10 Å². The Bertz CT molecular complexity index is 567. The van der Waals surface area contributed by atoms with Crippen molar-refractivity contribution in [1.29, 1.82) is 0 Å². The lowest BCUT2D eigenvalue weighted by atomic mass is 9.98. The minimum atomic E-state index is -1.09. The largest absolute Gasteiger partial charge is 0.380 e. The fourth-order valence-electron chi connectivity index (χ4n) is 2.15. The monoisotopic (exact) mass is 268 g/mol. The van der Waals surface area contributed by atoms with Crippen LogP contribution in [0.1, 0.15) is 47.0 Å². The Morgan fingerprint density at radius 1 is 0.900 bits per heavy atom. The second-order valence-corrected chi connectivity index (χ2v) is 4.91. The first-order valence-corrected chi connectivity index (χ1v) is 7.05. The quantitative estimate of drug-likeness (QED) is 0.839. The lowest BCUT2D eigenvalue weighted by molar-refractivity contribution is 0.0747. The third-order valence-electron chi connectivity index (χ3n) is 3.60. The standard InChI is InChI=1S/C18H20O2/c1-3-13-5-9-15(10-6-13)17(19)18(20)16-11-7-14(4-2)8-12-16/h5-12,17,19H,3-4H2,1-2H3. The fraction of sp³-hybridized carbons (Fsp3) is 0.278. The third kappa shape index (κ3) is 3.14. The summed E-state index contributed by atoms with van der Waals surface area (Å²) in [6.45, 7) is 4.15. The van der Waals surface area contributed by atoms with E-state index < -0.39 is 6.10 Å². The van der Waals surface area contributed by atoms with Gasteiger partial charge in [-0.25, -0.2) is 0 Å². The topological polar surface area (TPSA) is 37.3 Å². The van der Waals surface area contributed by atoms with E-state index in [2.05, 4.69) is 13.8 Å². The maximum absolute atomic E-state index is 12.2. The van der Waals surface area contributed by atoms with Crippen molar-refractivity contribution in [3.05, 3.63) is 70.8 Å². The van der Waals surface area contributed by atoms with Gasteiger partial charge in [-0.05, 0) is 29.5 Å². The molecule has 20 heavy (non-hydrogen) atoms. The fourth-order valence-corrected chi connectivity index (χ4v) is 2.15. The Morgan fingerprint density at radius 3 is 1.80 bits per heavy atom. The summed E-state index contributed by atoms with van der Waals surface area (Å²) in [5, 5.41) is 10.2. The average molecular weight is 268 g/mol. The maximum atomic E-state index is 12.2. The predicted octanol–water partition coefficient (Wildman–Crippen LogP) is 3.73.